The van der Waals surface area contributed by atoms with E-state index in [1.54, 1.807) is 11.3 Å². The van der Waals surface area contributed by atoms with Gasteiger partial charge in [-0.05, 0) is 53.4 Å². The lowest BCUT2D eigenvalue weighted by molar-refractivity contribution is 0.0342. The summed E-state index contributed by atoms with van der Waals surface area (Å²) in [4.78, 5) is 14.1. The van der Waals surface area contributed by atoms with Crippen LogP contribution >= 0.6 is 11.3 Å². The van der Waals surface area contributed by atoms with E-state index in [1.165, 1.54) is 21.6 Å². The van der Waals surface area contributed by atoms with Crippen molar-refractivity contribution in [1.29, 1.82) is 0 Å². The molecule has 5 rings (SSSR count). The Labute approximate surface area is 199 Å². The van der Waals surface area contributed by atoms with Gasteiger partial charge in [0.25, 0.3) is 0 Å². The van der Waals surface area contributed by atoms with Crippen LogP contribution in [0.1, 0.15) is 18.1 Å². The smallest absolute Gasteiger partial charge is 0.227 e. The van der Waals surface area contributed by atoms with Gasteiger partial charge < -0.3 is 10.1 Å². The Morgan fingerprint density at radius 3 is 2.70 bits per heavy atom. The fourth-order valence-corrected chi connectivity index (χ4v) is 5.18. The summed E-state index contributed by atoms with van der Waals surface area (Å²) in [6.07, 6.45) is 2.84. The number of rotatable bonds is 7. The number of hydrogen-bond donors (Lipinski definition) is 1. The number of aromatic nitrogens is 2. The highest BCUT2D eigenvalue weighted by Gasteiger charge is 2.12. The molecule has 2 aromatic heterocycles. The average Bonchev–Trinajstić information content (AvgIpc) is 3.35. The Kier molecular flexibility index (Phi) is 6.76. The van der Waals surface area contributed by atoms with E-state index in [0.29, 0.717) is 5.95 Å². The van der Waals surface area contributed by atoms with Crippen molar-refractivity contribution in [2.24, 2.45) is 0 Å². The van der Waals surface area contributed by atoms with Crippen LogP contribution in [0.15, 0.2) is 72.9 Å². The highest BCUT2D eigenvalue weighted by atomic mass is 32.1. The van der Waals surface area contributed by atoms with Crippen molar-refractivity contribution in [3.8, 4) is 21.0 Å². The van der Waals surface area contributed by atoms with E-state index in [2.05, 4.69) is 82.8 Å². The normalized spacial score (nSPS) is 14.3. The summed E-state index contributed by atoms with van der Waals surface area (Å²) < 4.78 is 5.46. The molecule has 0 bridgehead atoms. The third-order valence-electron chi connectivity index (χ3n) is 5.87. The molecular formula is C27H28N4OS. The van der Waals surface area contributed by atoms with Crippen molar-refractivity contribution in [3.63, 3.8) is 0 Å². The van der Waals surface area contributed by atoms with E-state index in [0.717, 1.165) is 55.5 Å². The molecule has 4 aromatic rings. The molecule has 0 atom stereocenters. The minimum absolute atomic E-state index is 0.611. The molecule has 33 heavy (non-hydrogen) atoms. The lowest BCUT2D eigenvalue weighted by Crippen LogP contribution is -2.35. The standard InChI is InChI=1S/C27H28N4OS/c1-2-21-7-3-4-9-23(21)25-10-11-26(33-25)24-12-13-28-27(30-24)29-22-8-5-6-20(18-22)19-31-14-16-32-17-15-31/h3-13,18H,2,14-17,19H2,1H3,(H,28,29,30). The van der Waals surface area contributed by atoms with Crippen LogP contribution in [0, 0.1) is 0 Å². The third kappa shape index (κ3) is 5.30. The largest absolute Gasteiger partial charge is 0.379 e. The number of thiophene rings is 1. The molecule has 0 aliphatic carbocycles. The number of benzene rings is 2. The van der Waals surface area contributed by atoms with Gasteiger partial charge in [0.2, 0.25) is 5.95 Å². The Balaban J connectivity index is 1.32. The number of morpholine rings is 1. The molecule has 3 heterocycles. The molecule has 6 heteroatoms. The zero-order valence-corrected chi connectivity index (χ0v) is 19.6. The number of hydrogen-bond acceptors (Lipinski definition) is 6. The van der Waals surface area contributed by atoms with E-state index >= 15 is 0 Å². The van der Waals surface area contributed by atoms with Gasteiger partial charge in [-0.3, -0.25) is 4.90 Å². The molecule has 2 aromatic carbocycles. The van der Waals surface area contributed by atoms with Crippen LogP contribution in [-0.4, -0.2) is 41.2 Å². The highest BCUT2D eigenvalue weighted by molar-refractivity contribution is 7.18. The molecule has 1 aliphatic heterocycles. The van der Waals surface area contributed by atoms with Crippen LogP contribution in [0.25, 0.3) is 21.0 Å². The van der Waals surface area contributed by atoms with Gasteiger partial charge in [0.1, 0.15) is 0 Å². The predicted molar refractivity (Wildman–Crippen MR) is 136 cm³/mol. The first-order valence-corrected chi connectivity index (χ1v) is 12.3. The van der Waals surface area contributed by atoms with E-state index < -0.39 is 0 Å². The second-order valence-corrected chi connectivity index (χ2v) is 9.24. The summed E-state index contributed by atoms with van der Waals surface area (Å²) in [5.41, 5.74) is 5.88. The van der Waals surface area contributed by atoms with Gasteiger partial charge in [0, 0.05) is 36.4 Å². The first-order chi connectivity index (χ1) is 16.3. The molecule has 0 saturated carbocycles. The van der Waals surface area contributed by atoms with Crippen molar-refractivity contribution in [3.05, 3.63) is 84.1 Å². The molecule has 1 N–H and O–H groups in total. The lowest BCUT2D eigenvalue weighted by Gasteiger charge is -2.26. The van der Waals surface area contributed by atoms with Crippen molar-refractivity contribution in [2.75, 3.05) is 31.6 Å². The molecule has 5 nitrogen and oxygen atoms in total. The van der Waals surface area contributed by atoms with Gasteiger partial charge in [0.15, 0.2) is 0 Å². The summed E-state index contributed by atoms with van der Waals surface area (Å²) in [6, 6.07) is 23.4. The summed E-state index contributed by atoms with van der Waals surface area (Å²) in [7, 11) is 0. The molecule has 0 unspecified atom stereocenters. The maximum atomic E-state index is 5.46. The van der Waals surface area contributed by atoms with Crippen molar-refractivity contribution in [1.82, 2.24) is 14.9 Å². The molecular weight excluding hydrogens is 428 g/mol. The van der Waals surface area contributed by atoms with Crippen LogP contribution in [-0.2, 0) is 17.7 Å². The molecule has 0 spiro atoms. The van der Waals surface area contributed by atoms with Crippen LogP contribution in [0.4, 0.5) is 11.6 Å². The summed E-state index contributed by atoms with van der Waals surface area (Å²) in [5.74, 6) is 0.611. The van der Waals surface area contributed by atoms with Gasteiger partial charge in [-0.15, -0.1) is 11.3 Å². The Bertz CT molecular complexity index is 1220. The SMILES string of the molecule is CCc1ccccc1-c1ccc(-c2ccnc(Nc3cccc(CN4CCOCC4)c3)n2)s1. The molecule has 1 saturated heterocycles. The van der Waals surface area contributed by atoms with Gasteiger partial charge in [-0.25, -0.2) is 9.97 Å². The minimum Gasteiger partial charge on any atom is -0.379 e. The number of aryl methyl sites for hydroxylation is 1. The summed E-state index contributed by atoms with van der Waals surface area (Å²) in [6.45, 7) is 6.71. The fourth-order valence-electron chi connectivity index (χ4n) is 4.14. The van der Waals surface area contributed by atoms with Crippen LogP contribution in [0.5, 0.6) is 0 Å². The molecule has 1 fully saturated rings. The topological polar surface area (TPSA) is 50.3 Å². The summed E-state index contributed by atoms with van der Waals surface area (Å²) in [5, 5.41) is 3.39. The van der Waals surface area contributed by atoms with E-state index in [1.807, 2.05) is 12.3 Å². The van der Waals surface area contributed by atoms with E-state index in [9.17, 15) is 0 Å². The lowest BCUT2D eigenvalue weighted by atomic mass is 10.0. The van der Waals surface area contributed by atoms with Crippen molar-refractivity contribution < 1.29 is 4.74 Å². The zero-order valence-electron chi connectivity index (χ0n) is 18.8. The monoisotopic (exact) mass is 456 g/mol. The fraction of sp³-hybridized carbons (Fsp3) is 0.259. The van der Waals surface area contributed by atoms with Gasteiger partial charge >= 0.3 is 0 Å². The quantitative estimate of drug-likeness (QED) is 0.369. The van der Waals surface area contributed by atoms with Gasteiger partial charge in [-0.2, -0.15) is 0 Å². The number of nitrogens with one attached hydrogen (secondary N) is 1. The van der Waals surface area contributed by atoms with E-state index in [-0.39, 0.29) is 0 Å². The van der Waals surface area contributed by atoms with Gasteiger partial charge in [0.05, 0.1) is 23.8 Å². The number of anilines is 2. The molecule has 0 radical (unpaired) electrons. The average molecular weight is 457 g/mol. The third-order valence-corrected chi connectivity index (χ3v) is 7.01. The second-order valence-electron chi connectivity index (χ2n) is 8.15. The maximum Gasteiger partial charge on any atom is 0.227 e. The van der Waals surface area contributed by atoms with Crippen LogP contribution < -0.4 is 5.32 Å². The van der Waals surface area contributed by atoms with Crippen molar-refractivity contribution in [2.45, 2.75) is 19.9 Å². The molecule has 168 valence electrons. The van der Waals surface area contributed by atoms with Crippen molar-refractivity contribution >= 4 is 23.0 Å². The first kappa shape index (κ1) is 21.8. The molecule has 0 amide bonds. The second kappa shape index (κ2) is 10.3. The predicted octanol–water partition coefficient (Wildman–Crippen LogP) is 6.01. The Morgan fingerprint density at radius 2 is 1.82 bits per heavy atom. The first-order valence-electron chi connectivity index (χ1n) is 11.5. The zero-order chi connectivity index (χ0) is 22.5. The minimum atomic E-state index is 0.611. The van der Waals surface area contributed by atoms with Crippen LogP contribution in [0.2, 0.25) is 0 Å². The number of ether oxygens (including phenoxy) is 1. The molecule has 1 aliphatic rings. The van der Waals surface area contributed by atoms with Gasteiger partial charge in [-0.1, -0.05) is 43.3 Å². The Morgan fingerprint density at radius 1 is 0.970 bits per heavy atom. The number of nitrogens with zero attached hydrogens (tertiary/aromatic N) is 3. The summed E-state index contributed by atoms with van der Waals surface area (Å²) >= 11 is 1.77. The van der Waals surface area contributed by atoms with E-state index in [4.69, 9.17) is 9.72 Å². The Hall–Kier alpha value is -3.06. The highest BCUT2D eigenvalue weighted by Crippen LogP contribution is 2.35. The maximum absolute atomic E-state index is 5.46. The van der Waals surface area contributed by atoms with Crippen LogP contribution in [0.3, 0.4) is 0 Å².